The average molecular weight is 480 g/mol. The summed E-state index contributed by atoms with van der Waals surface area (Å²) in [4.78, 5) is 18.7. The van der Waals surface area contributed by atoms with Gasteiger partial charge in [0.05, 0.1) is 5.56 Å². The minimum atomic E-state index is -0.379. The van der Waals surface area contributed by atoms with E-state index in [9.17, 15) is 13.6 Å². The van der Waals surface area contributed by atoms with Crippen molar-refractivity contribution in [2.45, 2.75) is 44.4 Å². The highest BCUT2D eigenvalue weighted by molar-refractivity contribution is 5.89. The summed E-state index contributed by atoms with van der Waals surface area (Å²) in [5.41, 5.74) is 2.46. The van der Waals surface area contributed by atoms with Crippen molar-refractivity contribution in [3.8, 4) is 0 Å². The Hall–Kier alpha value is -3.16. The van der Waals surface area contributed by atoms with Crippen molar-refractivity contribution in [1.29, 1.82) is 0 Å². The van der Waals surface area contributed by atoms with Crippen LogP contribution in [-0.2, 0) is 4.74 Å². The fourth-order valence-electron chi connectivity index (χ4n) is 4.77. The van der Waals surface area contributed by atoms with Gasteiger partial charge >= 0.3 is 5.97 Å². The van der Waals surface area contributed by atoms with E-state index in [4.69, 9.17) is 4.74 Å². The Morgan fingerprint density at radius 1 is 1.09 bits per heavy atom. The summed E-state index contributed by atoms with van der Waals surface area (Å²) < 4.78 is 32.8. The number of halogens is 2. The second-order valence-corrected chi connectivity index (χ2v) is 8.93. The van der Waals surface area contributed by atoms with Gasteiger partial charge in [0, 0.05) is 44.0 Å². The molecule has 0 bridgehead atoms. The lowest BCUT2D eigenvalue weighted by Crippen LogP contribution is -2.55. The molecule has 2 heterocycles. The van der Waals surface area contributed by atoms with E-state index in [0.29, 0.717) is 5.56 Å². The SMILES string of the molecule is CC(OC(=O)c1cccnc1)N1CCNCC1CCCC(c1ccc(F)cc1)c1ccc(F)cc1. The van der Waals surface area contributed by atoms with E-state index in [1.165, 1.54) is 30.5 Å². The normalized spacial score (nSPS) is 17.3. The Labute approximate surface area is 205 Å². The van der Waals surface area contributed by atoms with Crippen LogP contribution < -0.4 is 5.32 Å². The fraction of sp³-hybridized carbons (Fsp3) is 0.357. The highest BCUT2D eigenvalue weighted by atomic mass is 19.1. The number of hydrogen-bond donors (Lipinski definition) is 1. The maximum atomic E-state index is 13.5. The molecule has 1 aliphatic heterocycles. The molecule has 1 aliphatic rings. The molecule has 2 atom stereocenters. The van der Waals surface area contributed by atoms with Crippen molar-refractivity contribution in [2.24, 2.45) is 0 Å². The molecule has 2 aromatic carbocycles. The van der Waals surface area contributed by atoms with E-state index in [1.54, 1.807) is 42.6 Å². The van der Waals surface area contributed by atoms with Crippen molar-refractivity contribution in [1.82, 2.24) is 15.2 Å². The molecule has 1 saturated heterocycles. The molecule has 0 aliphatic carbocycles. The number of pyridine rings is 1. The first-order valence-electron chi connectivity index (χ1n) is 12.1. The second kappa shape index (κ2) is 12.0. The molecule has 0 radical (unpaired) electrons. The maximum absolute atomic E-state index is 13.5. The van der Waals surface area contributed by atoms with Gasteiger partial charge < -0.3 is 10.1 Å². The van der Waals surface area contributed by atoms with Crippen LogP contribution in [-0.4, -0.2) is 47.8 Å². The number of nitrogens with one attached hydrogen (secondary N) is 1. The summed E-state index contributed by atoms with van der Waals surface area (Å²) in [7, 11) is 0. The van der Waals surface area contributed by atoms with Gasteiger partial charge in [0.2, 0.25) is 0 Å². The number of benzene rings is 2. The van der Waals surface area contributed by atoms with Crippen LogP contribution in [0.3, 0.4) is 0 Å². The quantitative estimate of drug-likeness (QED) is 0.431. The van der Waals surface area contributed by atoms with Crippen LogP contribution in [0, 0.1) is 11.6 Å². The molecule has 1 N–H and O–H groups in total. The van der Waals surface area contributed by atoms with Crippen LogP contribution in [0.5, 0.6) is 0 Å². The molecule has 35 heavy (non-hydrogen) atoms. The molecule has 0 spiro atoms. The summed E-state index contributed by atoms with van der Waals surface area (Å²) >= 11 is 0. The number of nitrogens with zero attached hydrogens (tertiary/aromatic N) is 2. The van der Waals surface area contributed by atoms with Crippen molar-refractivity contribution >= 4 is 5.97 Å². The van der Waals surface area contributed by atoms with Crippen LogP contribution in [0.1, 0.15) is 53.6 Å². The van der Waals surface area contributed by atoms with Crippen molar-refractivity contribution in [3.05, 3.63) is 101 Å². The Morgan fingerprint density at radius 2 is 1.74 bits per heavy atom. The monoisotopic (exact) mass is 479 g/mol. The number of carbonyl (C=O) groups excluding carboxylic acids is 1. The largest absolute Gasteiger partial charge is 0.443 e. The molecular weight excluding hydrogens is 448 g/mol. The summed E-state index contributed by atoms with van der Waals surface area (Å²) in [6, 6.07) is 16.7. The van der Waals surface area contributed by atoms with Gasteiger partial charge in [0.25, 0.3) is 0 Å². The summed E-state index contributed by atoms with van der Waals surface area (Å²) in [5.74, 6) is -0.881. The fourth-order valence-corrected chi connectivity index (χ4v) is 4.77. The molecule has 0 amide bonds. The lowest BCUT2D eigenvalue weighted by atomic mass is 9.86. The van der Waals surface area contributed by atoms with Gasteiger partial charge in [0.1, 0.15) is 11.6 Å². The van der Waals surface area contributed by atoms with E-state index in [1.807, 2.05) is 6.92 Å². The van der Waals surface area contributed by atoms with E-state index in [2.05, 4.69) is 15.2 Å². The van der Waals surface area contributed by atoms with Crippen LogP contribution in [0.25, 0.3) is 0 Å². The van der Waals surface area contributed by atoms with E-state index in [-0.39, 0.29) is 35.8 Å². The first-order valence-corrected chi connectivity index (χ1v) is 12.1. The predicted molar refractivity (Wildman–Crippen MR) is 131 cm³/mol. The first kappa shape index (κ1) is 24.9. The number of rotatable bonds is 9. The molecule has 184 valence electrons. The maximum Gasteiger partial charge on any atom is 0.341 e. The highest BCUT2D eigenvalue weighted by Crippen LogP contribution is 2.31. The van der Waals surface area contributed by atoms with Crippen molar-refractivity contribution in [3.63, 3.8) is 0 Å². The zero-order chi connectivity index (χ0) is 24.6. The van der Waals surface area contributed by atoms with E-state index >= 15 is 0 Å². The van der Waals surface area contributed by atoms with Crippen LogP contribution >= 0.6 is 0 Å². The molecule has 0 saturated carbocycles. The Balaban J connectivity index is 1.40. The minimum Gasteiger partial charge on any atom is -0.443 e. The first-order chi connectivity index (χ1) is 17.0. The van der Waals surface area contributed by atoms with Crippen LogP contribution in [0.2, 0.25) is 0 Å². The zero-order valence-electron chi connectivity index (χ0n) is 19.9. The van der Waals surface area contributed by atoms with E-state index in [0.717, 1.165) is 50.0 Å². The lowest BCUT2D eigenvalue weighted by Gasteiger charge is -2.39. The van der Waals surface area contributed by atoms with Crippen LogP contribution in [0.15, 0.2) is 73.1 Å². The third-order valence-electron chi connectivity index (χ3n) is 6.61. The highest BCUT2D eigenvalue weighted by Gasteiger charge is 2.29. The number of hydrogen-bond acceptors (Lipinski definition) is 5. The Bertz CT molecular complexity index is 1030. The average Bonchev–Trinajstić information content (AvgIpc) is 2.89. The lowest BCUT2D eigenvalue weighted by molar-refractivity contribution is -0.0493. The molecule has 2 unspecified atom stereocenters. The molecular formula is C28H31F2N3O2. The molecule has 7 heteroatoms. The summed E-state index contributed by atoms with van der Waals surface area (Å²) in [5, 5.41) is 3.44. The summed E-state index contributed by atoms with van der Waals surface area (Å²) in [6.45, 7) is 4.34. The number of ether oxygens (including phenoxy) is 1. The van der Waals surface area contributed by atoms with Crippen molar-refractivity contribution < 1.29 is 18.3 Å². The van der Waals surface area contributed by atoms with Gasteiger partial charge in [-0.1, -0.05) is 30.7 Å². The topological polar surface area (TPSA) is 54.5 Å². The number of carbonyl (C=O) groups is 1. The van der Waals surface area contributed by atoms with Gasteiger partial charge in [-0.15, -0.1) is 0 Å². The molecule has 1 aromatic heterocycles. The molecule has 4 rings (SSSR count). The Morgan fingerprint density at radius 3 is 2.34 bits per heavy atom. The Kier molecular flexibility index (Phi) is 8.55. The van der Waals surface area contributed by atoms with Gasteiger partial charge in [-0.05, 0) is 67.3 Å². The zero-order valence-corrected chi connectivity index (χ0v) is 19.9. The third kappa shape index (κ3) is 6.71. The number of piperazine rings is 1. The van der Waals surface area contributed by atoms with Crippen LogP contribution in [0.4, 0.5) is 8.78 Å². The third-order valence-corrected chi connectivity index (χ3v) is 6.61. The van der Waals surface area contributed by atoms with Crippen molar-refractivity contribution in [2.75, 3.05) is 19.6 Å². The molecule has 3 aromatic rings. The minimum absolute atomic E-state index is 0.0435. The van der Waals surface area contributed by atoms with Gasteiger partial charge in [0.15, 0.2) is 6.23 Å². The smallest absolute Gasteiger partial charge is 0.341 e. The molecule has 5 nitrogen and oxygen atoms in total. The number of aromatic nitrogens is 1. The van der Waals surface area contributed by atoms with Gasteiger partial charge in [-0.3, -0.25) is 9.88 Å². The van der Waals surface area contributed by atoms with Gasteiger partial charge in [-0.2, -0.15) is 0 Å². The number of esters is 1. The standard InChI is InChI=1S/C28H31F2N3O2/c1-20(35-28(34)23-4-3-15-31-18-23)33-17-16-32-19-26(33)5-2-6-27(21-7-11-24(29)12-8-21)22-9-13-25(30)14-10-22/h3-4,7-15,18,20,26-27,32H,2,5-6,16-17,19H2,1H3. The summed E-state index contributed by atoms with van der Waals surface area (Å²) in [6.07, 6.45) is 5.42. The van der Waals surface area contributed by atoms with Gasteiger partial charge in [-0.25, -0.2) is 13.6 Å². The predicted octanol–water partition coefficient (Wildman–Crippen LogP) is 5.14. The second-order valence-electron chi connectivity index (χ2n) is 8.93. The molecule has 1 fully saturated rings. The van der Waals surface area contributed by atoms with E-state index < -0.39 is 0 Å².